The maximum Gasteiger partial charge on any atom is 0.472 e. The Balaban J connectivity index is 5.25. The van der Waals surface area contributed by atoms with Crippen molar-refractivity contribution >= 4 is 39.5 Å². The van der Waals surface area contributed by atoms with Gasteiger partial charge in [0.25, 0.3) is 0 Å². The maximum atomic E-state index is 13.1. The molecule has 0 aliphatic carbocycles. The number of hydrogen-bond acceptors (Lipinski definition) is 15. The van der Waals surface area contributed by atoms with Crippen LogP contribution in [-0.2, 0) is 65.4 Å². The average Bonchev–Trinajstić information content (AvgIpc) is 3.70. The van der Waals surface area contributed by atoms with Gasteiger partial charge in [0.05, 0.1) is 26.4 Å². The van der Waals surface area contributed by atoms with Crippen molar-refractivity contribution in [2.24, 2.45) is 17.8 Å². The minimum Gasteiger partial charge on any atom is -0.462 e. The zero-order valence-electron chi connectivity index (χ0n) is 62.8. The second-order valence-electron chi connectivity index (χ2n) is 28.9. The first-order valence-electron chi connectivity index (χ1n) is 39.9. The van der Waals surface area contributed by atoms with E-state index in [1.54, 1.807) is 0 Å². The fourth-order valence-corrected chi connectivity index (χ4v) is 13.3. The van der Waals surface area contributed by atoms with E-state index < -0.39 is 97.5 Å². The third-order valence-corrected chi connectivity index (χ3v) is 20.1. The van der Waals surface area contributed by atoms with E-state index in [9.17, 15) is 43.2 Å². The Morgan fingerprint density at radius 2 is 0.531 bits per heavy atom. The van der Waals surface area contributed by atoms with E-state index in [1.807, 2.05) is 0 Å². The first-order valence-corrected chi connectivity index (χ1v) is 42.9. The quantitative estimate of drug-likeness (QED) is 0.0222. The number of carbonyl (C=O) groups excluding carboxylic acids is 4. The average molecular weight is 1410 g/mol. The van der Waals surface area contributed by atoms with Crippen LogP contribution < -0.4 is 0 Å². The van der Waals surface area contributed by atoms with Gasteiger partial charge in [-0.15, -0.1) is 0 Å². The van der Waals surface area contributed by atoms with Crippen LogP contribution in [0.4, 0.5) is 0 Å². The fraction of sp³-hybridized carbons (Fsp3) is 0.948. The molecule has 0 aromatic carbocycles. The SMILES string of the molecule is CCCCCCCCCCCCCCCCC(=O)O[C@H](COC(=O)CCCCCCCCCC(C)C)COP(=O)(O)OC[C@H](O)COP(=O)(O)OC[C@@H](COC(=O)CCCCCCCCCCCCC(C)CC)OC(=O)CCCCCCCCCCCCCCCCCC(C)C. The molecule has 0 spiro atoms. The van der Waals surface area contributed by atoms with Crippen molar-refractivity contribution in [2.75, 3.05) is 39.6 Å². The smallest absolute Gasteiger partial charge is 0.462 e. The molecule has 0 bridgehead atoms. The molecule has 0 saturated heterocycles. The summed E-state index contributed by atoms with van der Waals surface area (Å²) >= 11 is 0. The molecule has 17 nitrogen and oxygen atoms in total. The van der Waals surface area contributed by atoms with Crippen molar-refractivity contribution in [1.29, 1.82) is 0 Å². The summed E-state index contributed by atoms with van der Waals surface area (Å²) in [6.07, 6.45) is 54.0. The molecule has 0 aliphatic rings. The van der Waals surface area contributed by atoms with Gasteiger partial charge in [0.2, 0.25) is 0 Å². The molecule has 0 fully saturated rings. The van der Waals surface area contributed by atoms with Crippen LogP contribution in [0.2, 0.25) is 0 Å². The van der Waals surface area contributed by atoms with Crippen molar-refractivity contribution in [2.45, 2.75) is 414 Å². The second-order valence-corrected chi connectivity index (χ2v) is 31.8. The Labute approximate surface area is 588 Å². The predicted molar refractivity (Wildman–Crippen MR) is 391 cm³/mol. The summed E-state index contributed by atoms with van der Waals surface area (Å²) in [5.41, 5.74) is 0. The highest BCUT2D eigenvalue weighted by atomic mass is 31.2. The third-order valence-electron chi connectivity index (χ3n) is 18.2. The Morgan fingerprint density at radius 3 is 0.792 bits per heavy atom. The minimum atomic E-state index is -4.96. The van der Waals surface area contributed by atoms with Crippen LogP contribution in [0.25, 0.3) is 0 Å². The van der Waals surface area contributed by atoms with Gasteiger partial charge in [-0.2, -0.15) is 0 Å². The lowest BCUT2D eigenvalue weighted by Crippen LogP contribution is -2.30. The van der Waals surface area contributed by atoms with Gasteiger partial charge in [-0.3, -0.25) is 37.3 Å². The normalized spacial score (nSPS) is 14.3. The highest BCUT2D eigenvalue weighted by Crippen LogP contribution is 2.45. The number of ether oxygens (including phenoxy) is 4. The molecule has 0 amide bonds. The molecule has 6 atom stereocenters. The monoisotopic (exact) mass is 1410 g/mol. The number of carbonyl (C=O) groups is 4. The van der Waals surface area contributed by atoms with Crippen molar-refractivity contribution in [3.05, 3.63) is 0 Å². The first-order chi connectivity index (χ1) is 46.3. The van der Waals surface area contributed by atoms with Crippen LogP contribution in [0.3, 0.4) is 0 Å². The van der Waals surface area contributed by atoms with Crippen molar-refractivity contribution in [3.63, 3.8) is 0 Å². The Bertz CT molecular complexity index is 1870. The molecule has 0 aromatic rings. The van der Waals surface area contributed by atoms with E-state index >= 15 is 0 Å². The number of esters is 4. The topological polar surface area (TPSA) is 237 Å². The Kier molecular flexibility index (Phi) is 66.2. The fourth-order valence-electron chi connectivity index (χ4n) is 11.7. The summed E-state index contributed by atoms with van der Waals surface area (Å²) < 4.78 is 68.6. The van der Waals surface area contributed by atoms with Crippen molar-refractivity contribution in [3.8, 4) is 0 Å². The predicted octanol–water partition coefficient (Wildman–Crippen LogP) is 22.6. The van der Waals surface area contributed by atoms with Crippen LogP contribution in [-0.4, -0.2) is 96.7 Å². The molecule has 96 heavy (non-hydrogen) atoms. The van der Waals surface area contributed by atoms with Gasteiger partial charge >= 0.3 is 39.5 Å². The molecule has 0 radical (unpaired) electrons. The highest BCUT2D eigenvalue weighted by molar-refractivity contribution is 7.47. The van der Waals surface area contributed by atoms with E-state index in [4.69, 9.17) is 37.0 Å². The third kappa shape index (κ3) is 69.2. The van der Waals surface area contributed by atoms with Crippen LogP contribution in [0, 0.1) is 17.8 Å². The molecule has 570 valence electrons. The summed E-state index contributed by atoms with van der Waals surface area (Å²) in [5.74, 6) is 0.201. The van der Waals surface area contributed by atoms with Crippen LogP contribution in [0.1, 0.15) is 395 Å². The largest absolute Gasteiger partial charge is 0.472 e. The highest BCUT2D eigenvalue weighted by Gasteiger charge is 2.30. The summed E-state index contributed by atoms with van der Waals surface area (Å²) in [6, 6.07) is 0. The van der Waals surface area contributed by atoms with Gasteiger partial charge < -0.3 is 33.8 Å². The molecule has 3 N–H and O–H groups in total. The summed E-state index contributed by atoms with van der Waals surface area (Å²) in [5, 5.41) is 10.6. The summed E-state index contributed by atoms with van der Waals surface area (Å²) in [6.45, 7) is 11.9. The standard InChI is InChI=1S/C77H150O17P2/c1-8-10-11-12-13-14-15-16-21-24-31-38-46-53-60-77(82)94-73(65-88-75(80)59-52-45-40-33-35-42-49-56-69(5)6)67-92-96(85,86)90-63-71(78)62-89-95(83,84)91-66-72(64-87-74(79)58-51-44-37-30-27-26-29-36-43-50-57-70(7)9-2)93-76(81)61-54-47-39-32-25-22-19-17-18-20-23-28-34-41-48-55-68(3)4/h68-73,78H,8-67H2,1-7H3,(H,83,84)(H,85,86)/t70?,71-,72-,73-/m1/s1. The molecule has 0 aliphatic heterocycles. The summed E-state index contributed by atoms with van der Waals surface area (Å²) in [7, 11) is -9.91. The van der Waals surface area contributed by atoms with E-state index in [2.05, 4.69) is 48.5 Å². The van der Waals surface area contributed by atoms with Crippen LogP contribution in [0.15, 0.2) is 0 Å². The van der Waals surface area contributed by atoms with Gasteiger partial charge in [-0.25, -0.2) is 9.13 Å². The Hall–Kier alpha value is -1.94. The van der Waals surface area contributed by atoms with Gasteiger partial charge in [0.15, 0.2) is 12.2 Å². The first kappa shape index (κ1) is 94.1. The molecule has 3 unspecified atom stereocenters. The zero-order valence-corrected chi connectivity index (χ0v) is 64.6. The Morgan fingerprint density at radius 1 is 0.302 bits per heavy atom. The number of unbranched alkanes of at least 4 members (excludes halogenated alkanes) is 42. The van der Waals surface area contributed by atoms with Crippen LogP contribution in [0.5, 0.6) is 0 Å². The number of rotatable bonds is 75. The second kappa shape index (κ2) is 67.5. The van der Waals surface area contributed by atoms with E-state index in [0.717, 1.165) is 108 Å². The minimum absolute atomic E-state index is 0.107. The molecule has 0 rings (SSSR count). The summed E-state index contributed by atoms with van der Waals surface area (Å²) in [4.78, 5) is 72.9. The molecule has 0 aromatic heterocycles. The van der Waals surface area contributed by atoms with Gasteiger partial charge in [-0.05, 0) is 43.4 Å². The molecular weight excluding hydrogens is 1260 g/mol. The molecule has 19 heteroatoms. The van der Waals surface area contributed by atoms with Gasteiger partial charge in [-0.1, -0.05) is 344 Å². The number of phosphoric acid groups is 2. The van der Waals surface area contributed by atoms with E-state index in [1.165, 1.54) is 199 Å². The van der Waals surface area contributed by atoms with E-state index in [0.29, 0.717) is 31.6 Å². The molecule has 0 heterocycles. The number of hydrogen-bond donors (Lipinski definition) is 3. The lowest BCUT2D eigenvalue weighted by molar-refractivity contribution is -0.161. The number of phosphoric ester groups is 2. The lowest BCUT2D eigenvalue weighted by atomic mass is 9.99. The van der Waals surface area contributed by atoms with Gasteiger partial charge in [0.1, 0.15) is 19.3 Å². The van der Waals surface area contributed by atoms with Gasteiger partial charge in [0, 0.05) is 25.7 Å². The van der Waals surface area contributed by atoms with Crippen molar-refractivity contribution < 1.29 is 80.2 Å². The number of aliphatic hydroxyl groups is 1. The lowest BCUT2D eigenvalue weighted by Gasteiger charge is -2.21. The van der Waals surface area contributed by atoms with Crippen molar-refractivity contribution in [1.82, 2.24) is 0 Å². The molecule has 0 saturated carbocycles. The molecular formula is C77H150O17P2. The van der Waals surface area contributed by atoms with E-state index in [-0.39, 0.29) is 25.7 Å². The maximum absolute atomic E-state index is 13.1. The number of aliphatic hydroxyl groups excluding tert-OH is 1. The van der Waals surface area contributed by atoms with Crippen LogP contribution >= 0.6 is 15.6 Å². The zero-order chi connectivity index (χ0) is 70.9.